The second-order valence-electron chi connectivity index (χ2n) is 3.84. The largest absolute Gasteiger partial charge is 0.368 e. The van der Waals surface area contributed by atoms with Crippen molar-refractivity contribution < 1.29 is 0 Å². The van der Waals surface area contributed by atoms with E-state index < -0.39 is 0 Å². The first-order chi connectivity index (χ1) is 7.16. The first kappa shape index (κ1) is 9.08. The Balaban J connectivity index is 2.34. The normalized spacial score (nSPS) is 16.1. The molecule has 2 N–H and O–H groups in total. The summed E-state index contributed by atoms with van der Waals surface area (Å²) in [5, 5.41) is 4.43. The van der Waals surface area contributed by atoms with Crippen LogP contribution >= 0.6 is 15.9 Å². The van der Waals surface area contributed by atoms with E-state index in [1.165, 1.54) is 12.8 Å². The van der Waals surface area contributed by atoms with Crippen molar-refractivity contribution in [1.29, 1.82) is 0 Å². The molecular weight excluding hydrogens is 258 g/mol. The summed E-state index contributed by atoms with van der Waals surface area (Å²) in [6, 6.07) is 0. The highest BCUT2D eigenvalue weighted by Gasteiger charge is 2.30. The highest BCUT2D eigenvalue weighted by molar-refractivity contribution is 9.10. The van der Waals surface area contributed by atoms with Crippen LogP contribution in [0.25, 0.3) is 5.65 Å². The fourth-order valence-corrected chi connectivity index (χ4v) is 2.33. The van der Waals surface area contributed by atoms with E-state index in [9.17, 15) is 0 Å². The molecule has 5 nitrogen and oxygen atoms in total. The van der Waals surface area contributed by atoms with Crippen LogP contribution in [0.4, 0.5) is 5.95 Å². The molecule has 0 unspecified atom stereocenters. The average molecular weight is 268 g/mol. The van der Waals surface area contributed by atoms with Crippen LogP contribution in [0, 0.1) is 6.92 Å². The van der Waals surface area contributed by atoms with Crippen LogP contribution in [0.5, 0.6) is 0 Å². The molecule has 15 heavy (non-hydrogen) atoms. The van der Waals surface area contributed by atoms with Crippen LogP contribution in [0.15, 0.2) is 4.47 Å². The topological polar surface area (TPSA) is 69.1 Å². The Morgan fingerprint density at radius 3 is 2.80 bits per heavy atom. The van der Waals surface area contributed by atoms with E-state index in [2.05, 4.69) is 31.0 Å². The lowest BCUT2D eigenvalue weighted by molar-refractivity contribution is 0.852. The van der Waals surface area contributed by atoms with Gasteiger partial charge in [0.25, 0.3) is 0 Å². The molecule has 0 aliphatic heterocycles. The van der Waals surface area contributed by atoms with Crippen molar-refractivity contribution >= 4 is 27.5 Å². The second-order valence-corrected chi connectivity index (χ2v) is 4.63. The third-order valence-electron chi connectivity index (χ3n) is 2.55. The van der Waals surface area contributed by atoms with Crippen molar-refractivity contribution in [1.82, 2.24) is 19.6 Å². The van der Waals surface area contributed by atoms with Gasteiger partial charge in [0, 0.05) is 5.92 Å². The van der Waals surface area contributed by atoms with E-state index in [4.69, 9.17) is 5.73 Å². The molecule has 1 aliphatic carbocycles. The molecule has 6 heteroatoms. The minimum Gasteiger partial charge on any atom is -0.368 e. The summed E-state index contributed by atoms with van der Waals surface area (Å²) in [5.74, 6) is 1.63. The van der Waals surface area contributed by atoms with Gasteiger partial charge in [0.2, 0.25) is 5.95 Å². The fourth-order valence-electron chi connectivity index (χ4n) is 1.67. The van der Waals surface area contributed by atoms with Crippen molar-refractivity contribution in [3.05, 3.63) is 16.0 Å². The van der Waals surface area contributed by atoms with Crippen LogP contribution in [-0.2, 0) is 0 Å². The Bertz CT molecular complexity index is 543. The maximum absolute atomic E-state index is 5.79. The molecule has 2 aromatic heterocycles. The number of rotatable bonds is 1. The minimum absolute atomic E-state index is 0.394. The molecule has 1 fully saturated rings. The number of fused-ring (bicyclic) bond motifs is 1. The van der Waals surface area contributed by atoms with Crippen LogP contribution in [0.1, 0.15) is 30.3 Å². The number of nitrogens with two attached hydrogens (primary N) is 1. The zero-order chi connectivity index (χ0) is 10.6. The van der Waals surface area contributed by atoms with Gasteiger partial charge in [-0.25, -0.2) is 4.98 Å². The highest BCUT2D eigenvalue weighted by Crippen LogP contribution is 2.43. The van der Waals surface area contributed by atoms with Gasteiger partial charge in [0.15, 0.2) is 5.65 Å². The van der Waals surface area contributed by atoms with Crippen molar-refractivity contribution in [2.24, 2.45) is 0 Å². The van der Waals surface area contributed by atoms with Gasteiger partial charge >= 0.3 is 0 Å². The van der Waals surface area contributed by atoms with Gasteiger partial charge < -0.3 is 5.73 Å². The predicted octanol–water partition coefficient (Wildman–Crippen LogP) is 1.65. The molecule has 78 valence electrons. The van der Waals surface area contributed by atoms with Crippen molar-refractivity contribution in [2.45, 2.75) is 25.7 Å². The molecule has 1 aliphatic rings. The summed E-state index contributed by atoms with van der Waals surface area (Å²) in [6.07, 6.45) is 2.41. The Labute approximate surface area is 94.8 Å². The van der Waals surface area contributed by atoms with Crippen LogP contribution in [0.3, 0.4) is 0 Å². The van der Waals surface area contributed by atoms with Gasteiger partial charge in [-0.1, -0.05) is 0 Å². The van der Waals surface area contributed by atoms with Gasteiger partial charge in [0.1, 0.15) is 5.82 Å². The zero-order valence-corrected chi connectivity index (χ0v) is 9.82. The maximum atomic E-state index is 5.79. The van der Waals surface area contributed by atoms with Crippen LogP contribution in [0.2, 0.25) is 0 Å². The molecule has 0 amide bonds. The van der Waals surface area contributed by atoms with Crippen molar-refractivity contribution in [3.63, 3.8) is 0 Å². The summed E-state index contributed by atoms with van der Waals surface area (Å²) in [6.45, 7) is 1.83. The van der Waals surface area contributed by atoms with E-state index >= 15 is 0 Å². The molecule has 0 bridgehead atoms. The van der Waals surface area contributed by atoms with Crippen molar-refractivity contribution in [3.8, 4) is 0 Å². The monoisotopic (exact) mass is 267 g/mol. The molecule has 0 spiro atoms. The third kappa shape index (κ3) is 1.31. The molecular formula is C9H10BrN5. The number of nitrogens with zero attached hydrogens (tertiary/aromatic N) is 4. The summed E-state index contributed by atoms with van der Waals surface area (Å²) in [7, 11) is 0. The minimum atomic E-state index is 0.394. The maximum Gasteiger partial charge on any atom is 0.224 e. The second kappa shape index (κ2) is 2.91. The highest BCUT2D eigenvalue weighted by atomic mass is 79.9. The number of hydrogen-bond donors (Lipinski definition) is 1. The Morgan fingerprint density at radius 1 is 1.40 bits per heavy atom. The summed E-state index contributed by atoms with van der Waals surface area (Å²) in [5.41, 5.74) is 7.61. The summed E-state index contributed by atoms with van der Waals surface area (Å²) >= 11 is 3.53. The van der Waals surface area contributed by atoms with Gasteiger partial charge in [-0.3, -0.25) is 0 Å². The Hall–Kier alpha value is -1.17. The summed E-state index contributed by atoms with van der Waals surface area (Å²) in [4.78, 5) is 8.41. The van der Waals surface area contributed by atoms with E-state index in [0.717, 1.165) is 15.8 Å². The molecule has 3 rings (SSSR count). The molecule has 0 aromatic carbocycles. The quantitative estimate of drug-likeness (QED) is 0.853. The first-order valence-electron chi connectivity index (χ1n) is 4.85. The van der Waals surface area contributed by atoms with Gasteiger partial charge in [-0.15, -0.1) is 0 Å². The molecule has 2 aromatic rings. The smallest absolute Gasteiger partial charge is 0.224 e. The Kier molecular flexibility index (Phi) is 1.76. The number of aromatic nitrogens is 4. The number of aryl methyl sites for hydroxylation is 1. The lowest BCUT2D eigenvalue weighted by atomic mass is 10.3. The SMILES string of the molecule is Cc1nc(N)n2nc(C3CC3)c(Br)c2n1. The third-order valence-corrected chi connectivity index (χ3v) is 3.32. The lowest BCUT2D eigenvalue weighted by Crippen LogP contribution is -2.05. The van der Waals surface area contributed by atoms with E-state index in [0.29, 0.717) is 17.7 Å². The Morgan fingerprint density at radius 2 is 2.13 bits per heavy atom. The fraction of sp³-hybridized carbons (Fsp3) is 0.444. The van der Waals surface area contributed by atoms with E-state index in [1.54, 1.807) is 4.52 Å². The average Bonchev–Trinajstić information content (AvgIpc) is 2.94. The first-order valence-corrected chi connectivity index (χ1v) is 5.64. The summed E-state index contributed by atoms with van der Waals surface area (Å²) < 4.78 is 2.56. The molecule has 1 saturated carbocycles. The van der Waals surface area contributed by atoms with Gasteiger partial charge in [-0.2, -0.15) is 14.6 Å². The van der Waals surface area contributed by atoms with Crippen molar-refractivity contribution in [2.75, 3.05) is 5.73 Å². The number of anilines is 1. The van der Waals surface area contributed by atoms with Gasteiger partial charge in [0.05, 0.1) is 10.2 Å². The number of nitrogen functional groups attached to an aromatic ring is 1. The zero-order valence-electron chi connectivity index (χ0n) is 8.24. The van der Waals surface area contributed by atoms with Crippen LogP contribution < -0.4 is 5.73 Å². The van der Waals surface area contributed by atoms with Crippen LogP contribution in [-0.4, -0.2) is 19.6 Å². The molecule has 0 radical (unpaired) electrons. The lowest BCUT2D eigenvalue weighted by Gasteiger charge is -1.97. The van der Waals surface area contributed by atoms with Gasteiger partial charge in [-0.05, 0) is 35.7 Å². The van der Waals surface area contributed by atoms with E-state index in [1.807, 2.05) is 6.92 Å². The number of halogens is 1. The number of hydrogen-bond acceptors (Lipinski definition) is 4. The molecule has 2 heterocycles. The molecule has 0 saturated heterocycles. The van der Waals surface area contributed by atoms with E-state index in [-0.39, 0.29) is 0 Å². The standard InChI is InChI=1S/C9H10BrN5/c1-4-12-8-6(10)7(5-2-3-5)14-15(8)9(11)13-4/h5H,2-3H2,1H3,(H2,11,12,13). The predicted molar refractivity (Wildman–Crippen MR) is 59.6 cm³/mol. The molecule has 0 atom stereocenters.